The molecule has 2 saturated carbocycles. The average molecular weight is 621 g/mol. The van der Waals surface area contributed by atoms with Crippen LogP contribution in [0.2, 0.25) is 5.02 Å². The number of imide groups is 1. The highest BCUT2D eigenvalue weighted by Crippen LogP contribution is 2.69. The standard InChI is InChI=1S/C28H29ClN2O8S2/c1-4-38-16(32)9-39-15-6-5-11(29)7-12(15)17-18-13-8-14(22(18)40-24-23(17)41-28(37)30-24)20-19(13)25(33)31(26(20)34)21(10(2)3)27(35)36/h5-7,10,13-14,17-22H,4,8-9H2,1-3H3,(H,30,37)(H,35,36)/t13?,14?,17-,18?,19?,20?,21?,22?/m1/s1. The predicted molar refractivity (Wildman–Crippen MR) is 150 cm³/mol. The maximum Gasteiger partial charge on any atom is 0.344 e. The molecule has 1 aromatic carbocycles. The van der Waals surface area contributed by atoms with Crippen molar-refractivity contribution in [3.8, 4) is 5.75 Å². The summed E-state index contributed by atoms with van der Waals surface area (Å²) in [4.78, 5) is 68.9. The number of amides is 2. The van der Waals surface area contributed by atoms with Crippen molar-refractivity contribution in [3.63, 3.8) is 0 Å². The summed E-state index contributed by atoms with van der Waals surface area (Å²) in [5, 5.41) is 11.0. The van der Waals surface area contributed by atoms with Crippen molar-refractivity contribution in [1.82, 2.24) is 9.88 Å². The molecular weight excluding hydrogens is 592 g/mol. The lowest BCUT2D eigenvalue weighted by atomic mass is 9.68. The fraction of sp³-hybridized carbons (Fsp3) is 0.536. The number of thiazole rings is 1. The highest BCUT2D eigenvalue weighted by molar-refractivity contribution is 8.00. The second kappa shape index (κ2) is 10.5. The lowest BCUT2D eigenvalue weighted by molar-refractivity contribution is -0.157. The SMILES string of the molecule is CCOC(=O)COc1ccc(Cl)cc1[C@H]1c2sc(=O)[nH]c2SC2C3CC(C4C(=O)N(C(C(=O)O)C(C)C)C(=O)C34)C21. The van der Waals surface area contributed by atoms with Crippen LogP contribution < -0.4 is 9.61 Å². The molecule has 2 aliphatic heterocycles. The van der Waals surface area contributed by atoms with Gasteiger partial charge in [0.1, 0.15) is 11.8 Å². The van der Waals surface area contributed by atoms with Gasteiger partial charge in [0.15, 0.2) is 6.61 Å². The number of H-pyrrole nitrogens is 1. The molecule has 8 atom stereocenters. The summed E-state index contributed by atoms with van der Waals surface area (Å²) >= 11 is 9.09. The molecule has 2 N–H and O–H groups in total. The molecule has 13 heteroatoms. The van der Waals surface area contributed by atoms with Gasteiger partial charge in [-0.1, -0.05) is 36.8 Å². The van der Waals surface area contributed by atoms with Gasteiger partial charge in [0, 0.05) is 26.6 Å². The summed E-state index contributed by atoms with van der Waals surface area (Å²) in [6, 6.07) is 3.89. The Bertz CT molecular complexity index is 1500. The number of hydrogen-bond donors (Lipinski definition) is 2. The van der Waals surface area contributed by atoms with E-state index in [9.17, 15) is 29.1 Å². The molecule has 0 spiro atoms. The predicted octanol–water partition coefficient (Wildman–Crippen LogP) is 3.61. The van der Waals surface area contributed by atoms with Crippen molar-refractivity contribution in [2.75, 3.05) is 13.2 Å². The fourth-order valence-corrected chi connectivity index (χ4v) is 10.6. The number of rotatable bonds is 8. The maximum absolute atomic E-state index is 13.8. The molecule has 2 bridgehead atoms. The van der Waals surface area contributed by atoms with Gasteiger partial charge in [-0.2, -0.15) is 0 Å². The Balaban J connectivity index is 1.42. The zero-order valence-electron chi connectivity index (χ0n) is 22.5. The highest BCUT2D eigenvalue weighted by Gasteiger charge is 2.70. The van der Waals surface area contributed by atoms with Gasteiger partial charge >= 0.3 is 16.8 Å². The lowest BCUT2D eigenvalue weighted by Crippen LogP contribution is -2.49. The van der Waals surface area contributed by atoms with E-state index in [2.05, 4.69) is 4.98 Å². The Kier molecular flexibility index (Phi) is 7.22. The number of halogens is 1. The first-order valence-electron chi connectivity index (χ1n) is 13.6. The number of benzene rings is 1. The van der Waals surface area contributed by atoms with E-state index in [0.717, 1.165) is 21.1 Å². The van der Waals surface area contributed by atoms with Crippen molar-refractivity contribution < 1.29 is 33.8 Å². The van der Waals surface area contributed by atoms with Gasteiger partial charge in [0.05, 0.1) is 23.5 Å². The molecule has 41 heavy (non-hydrogen) atoms. The monoisotopic (exact) mass is 620 g/mol. The number of carboxylic acid groups (broad SMARTS) is 1. The first kappa shape index (κ1) is 28.3. The van der Waals surface area contributed by atoms with E-state index in [4.69, 9.17) is 21.1 Å². The minimum Gasteiger partial charge on any atom is -0.482 e. The first-order chi connectivity index (χ1) is 19.5. The Hall–Kier alpha value is -2.83. The van der Waals surface area contributed by atoms with E-state index in [1.165, 1.54) is 11.8 Å². The van der Waals surface area contributed by atoms with Gasteiger partial charge in [-0.25, -0.2) is 9.59 Å². The number of esters is 1. The molecule has 3 heterocycles. The Morgan fingerprint density at radius 3 is 2.54 bits per heavy atom. The number of nitrogens with one attached hydrogen (secondary N) is 1. The van der Waals surface area contributed by atoms with Crippen LogP contribution in [0.4, 0.5) is 0 Å². The molecule has 0 radical (unpaired) electrons. The van der Waals surface area contributed by atoms with Gasteiger partial charge < -0.3 is 19.6 Å². The third kappa shape index (κ3) is 4.40. The Morgan fingerprint density at radius 2 is 1.88 bits per heavy atom. The molecule has 1 aromatic heterocycles. The number of carboxylic acids is 1. The third-order valence-corrected chi connectivity index (χ3v) is 11.7. The van der Waals surface area contributed by atoms with E-state index in [1.54, 1.807) is 39.0 Å². The largest absolute Gasteiger partial charge is 0.482 e. The summed E-state index contributed by atoms with van der Waals surface area (Å²) in [6.07, 6.45) is 0.650. The van der Waals surface area contributed by atoms with Crippen molar-refractivity contribution >= 4 is 58.5 Å². The molecule has 218 valence electrons. The van der Waals surface area contributed by atoms with Gasteiger partial charge in [-0.15, -0.1) is 11.8 Å². The fourth-order valence-electron chi connectivity index (χ4n) is 7.59. The van der Waals surface area contributed by atoms with Crippen LogP contribution in [0.15, 0.2) is 28.0 Å². The summed E-state index contributed by atoms with van der Waals surface area (Å²) in [6.45, 7) is 5.00. The summed E-state index contributed by atoms with van der Waals surface area (Å²) < 4.78 is 10.9. The smallest absolute Gasteiger partial charge is 0.344 e. The number of likely N-dealkylation sites (tertiary alicyclic amines) is 1. The van der Waals surface area contributed by atoms with Gasteiger partial charge in [0.2, 0.25) is 11.8 Å². The number of carbonyl (C=O) groups is 4. The molecule has 6 rings (SSSR count). The van der Waals surface area contributed by atoms with Gasteiger partial charge in [-0.3, -0.25) is 19.3 Å². The summed E-state index contributed by atoms with van der Waals surface area (Å²) in [5.41, 5.74) is 0.692. The normalized spacial score (nSPS) is 30.3. The van der Waals surface area contributed by atoms with E-state index < -0.39 is 47.5 Å². The zero-order chi connectivity index (χ0) is 29.3. The highest BCUT2D eigenvalue weighted by atomic mass is 35.5. The van der Waals surface area contributed by atoms with Crippen molar-refractivity contribution in [3.05, 3.63) is 43.3 Å². The second-order valence-corrected chi connectivity index (χ2v) is 13.9. The van der Waals surface area contributed by atoms with E-state index in [-0.39, 0.29) is 47.0 Å². The molecule has 7 unspecified atom stereocenters. The minimum atomic E-state index is -1.22. The number of thioether (sulfide) groups is 1. The quantitative estimate of drug-likeness (QED) is 0.334. The van der Waals surface area contributed by atoms with Crippen LogP contribution in [0.1, 0.15) is 43.6 Å². The van der Waals surface area contributed by atoms with Crippen LogP contribution in [0, 0.1) is 35.5 Å². The van der Waals surface area contributed by atoms with Crippen LogP contribution in [0.5, 0.6) is 5.75 Å². The van der Waals surface area contributed by atoms with Gasteiger partial charge in [0.25, 0.3) is 0 Å². The Morgan fingerprint density at radius 1 is 1.17 bits per heavy atom. The van der Waals surface area contributed by atoms with Crippen molar-refractivity contribution in [2.45, 2.75) is 49.4 Å². The molecular formula is C28H29ClN2O8S2. The van der Waals surface area contributed by atoms with Crippen LogP contribution in [0.3, 0.4) is 0 Å². The summed E-state index contributed by atoms with van der Waals surface area (Å²) in [5.74, 6) is -4.68. The second-order valence-electron chi connectivity index (χ2n) is 11.3. The zero-order valence-corrected chi connectivity index (χ0v) is 24.9. The molecule has 3 fully saturated rings. The third-order valence-electron chi connectivity index (χ3n) is 8.88. The molecule has 1 saturated heterocycles. The van der Waals surface area contributed by atoms with Crippen LogP contribution in [0.25, 0.3) is 0 Å². The lowest BCUT2D eigenvalue weighted by Gasteiger charge is -2.43. The molecule has 10 nitrogen and oxygen atoms in total. The molecule has 2 aromatic rings. The van der Waals surface area contributed by atoms with Gasteiger partial charge in [-0.05, 0) is 55.2 Å². The minimum absolute atomic E-state index is 0.0973. The number of aromatic amines is 1. The topological polar surface area (TPSA) is 143 Å². The number of fused-ring (bicyclic) bond motifs is 9. The van der Waals surface area contributed by atoms with Crippen molar-refractivity contribution in [2.24, 2.45) is 35.5 Å². The Labute approximate surface area is 248 Å². The number of ether oxygens (including phenoxy) is 2. The maximum atomic E-state index is 13.8. The van der Waals surface area contributed by atoms with Crippen LogP contribution >= 0.6 is 34.7 Å². The van der Waals surface area contributed by atoms with E-state index in [1.807, 2.05) is 0 Å². The summed E-state index contributed by atoms with van der Waals surface area (Å²) in [7, 11) is 0. The number of hydrogen-bond acceptors (Lipinski definition) is 9. The van der Waals surface area contributed by atoms with Crippen LogP contribution in [-0.4, -0.2) is 63.2 Å². The number of aromatic nitrogens is 1. The molecule has 2 aliphatic carbocycles. The number of nitrogens with zero attached hydrogens (tertiary/aromatic N) is 1. The van der Waals surface area contributed by atoms with E-state index in [0.29, 0.717) is 27.8 Å². The number of aliphatic carboxylic acids is 1. The first-order valence-corrected chi connectivity index (χ1v) is 15.7. The number of carbonyl (C=O) groups excluding carboxylic acids is 3. The van der Waals surface area contributed by atoms with Crippen molar-refractivity contribution in [1.29, 1.82) is 0 Å². The van der Waals surface area contributed by atoms with E-state index >= 15 is 0 Å². The van der Waals surface area contributed by atoms with Crippen LogP contribution in [-0.2, 0) is 23.9 Å². The average Bonchev–Trinajstić information content (AvgIpc) is 3.63. The molecule has 4 aliphatic rings. The molecule has 2 amide bonds.